The van der Waals surface area contributed by atoms with E-state index in [1.807, 2.05) is 13.0 Å². The number of carbonyl (C=O) groups is 1. The first-order chi connectivity index (χ1) is 19.0. The molecule has 2 aliphatic rings. The topological polar surface area (TPSA) is 51.1 Å². The van der Waals surface area contributed by atoms with Crippen LogP contribution in [0.15, 0.2) is 41.4 Å². The third kappa shape index (κ3) is 6.76. The molecule has 4 rings (SSSR count). The lowest BCUT2D eigenvalue weighted by molar-refractivity contribution is -0.151. The van der Waals surface area contributed by atoms with Crippen LogP contribution in [-0.2, 0) is 28.6 Å². The quantitative estimate of drug-likeness (QED) is 0.264. The second-order valence-electron chi connectivity index (χ2n) is 10.1. The van der Waals surface area contributed by atoms with Gasteiger partial charge in [0.05, 0.1) is 18.6 Å². The molecular weight excluding hydrogens is 493 g/mol. The van der Waals surface area contributed by atoms with Gasteiger partial charge in [0.1, 0.15) is 5.75 Å². The van der Waals surface area contributed by atoms with Crippen LogP contribution < -0.4 is 4.74 Å². The number of alkyl halides is 3. The highest BCUT2D eigenvalue weighted by Gasteiger charge is 2.36. The monoisotopic (exact) mass is 532 g/mol. The van der Waals surface area contributed by atoms with E-state index in [-0.39, 0.29) is 30.3 Å². The first-order valence-electron chi connectivity index (χ1n) is 14.3. The molecule has 0 bridgehead atoms. The van der Waals surface area contributed by atoms with Crippen molar-refractivity contribution in [1.82, 2.24) is 4.90 Å². The van der Waals surface area contributed by atoms with Crippen molar-refractivity contribution >= 4 is 11.7 Å². The molecule has 0 aromatic heterocycles. The SMILES string of the molecule is [2H]C([2H])(c1ccc(/C(C)=N/COc2ccc(C3CCCCC3)c(C(F)(F)F)c2)cc1CC)N1CC(C(=O)OC)C1. The number of halogens is 3. The van der Waals surface area contributed by atoms with Crippen molar-refractivity contribution in [2.24, 2.45) is 10.9 Å². The molecule has 0 spiro atoms. The minimum Gasteiger partial charge on any atom is -0.471 e. The summed E-state index contributed by atoms with van der Waals surface area (Å²) in [4.78, 5) is 17.8. The molecule has 5 nitrogen and oxygen atoms in total. The lowest BCUT2D eigenvalue weighted by Crippen LogP contribution is -2.50. The predicted octanol–water partition coefficient (Wildman–Crippen LogP) is 6.77. The Kier molecular flexibility index (Phi) is 8.24. The molecule has 0 unspecified atom stereocenters. The van der Waals surface area contributed by atoms with Gasteiger partial charge >= 0.3 is 12.1 Å². The fourth-order valence-electron chi connectivity index (χ4n) is 5.21. The van der Waals surface area contributed by atoms with Crippen molar-refractivity contribution in [3.8, 4) is 5.75 Å². The van der Waals surface area contributed by atoms with E-state index in [2.05, 4.69) is 4.99 Å². The van der Waals surface area contributed by atoms with Crippen LogP contribution >= 0.6 is 0 Å². The fourth-order valence-corrected chi connectivity index (χ4v) is 5.21. The molecule has 1 aliphatic heterocycles. The van der Waals surface area contributed by atoms with E-state index in [1.54, 1.807) is 36.1 Å². The van der Waals surface area contributed by atoms with Crippen molar-refractivity contribution in [2.75, 3.05) is 26.9 Å². The van der Waals surface area contributed by atoms with Gasteiger partial charge in [0.2, 0.25) is 0 Å². The van der Waals surface area contributed by atoms with Gasteiger partial charge in [-0.1, -0.05) is 44.4 Å². The first-order valence-corrected chi connectivity index (χ1v) is 13.3. The molecule has 1 aliphatic carbocycles. The van der Waals surface area contributed by atoms with Crippen molar-refractivity contribution in [1.29, 1.82) is 0 Å². The van der Waals surface area contributed by atoms with Gasteiger partial charge in [-0.2, -0.15) is 13.2 Å². The molecule has 8 heteroatoms. The number of benzene rings is 2. The first kappa shape index (κ1) is 25.4. The zero-order valence-corrected chi connectivity index (χ0v) is 22.2. The number of hydrogen-bond acceptors (Lipinski definition) is 5. The van der Waals surface area contributed by atoms with Gasteiger partial charge in [0.15, 0.2) is 6.73 Å². The third-order valence-electron chi connectivity index (χ3n) is 7.51. The summed E-state index contributed by atoms with van der Waals surface area (Å²) in [5.74, 6) is -0.602. The Bertz CT molecular complexity index is 1240. The van der Waals surface area contributed by atoms with Crippen LogP contribution in [0.25, 0.3) is 0 Å². The van der Waals surface area contributed by atoms with Crippen molar-refractivity contribution < 1.29 is 30.2 Å². The van der Waals surface area contributed by atoms with E-state index in [0.717, 1.165) is 49.3 Å². The van der Waals surface area contributed by atoms with Crippen LogP contribution in [-0.4, -0.2) is 43.5 Å². The summed E-state index contributed by atoms with van der Waals surface area (Å²) in [5, 5.41) is 0. The van der Waals surface area contributed by atoms with Gasteiger partial charge < -0.3 is 9.47 Å². The van der Waals surface area contributed by atoms with Gasteiger partial charge in [-0.25, -0.2) is 0 Å². The van der Waals surface area contributed by atoms with E-state index in [9.17, 15) is 18.0 Å². The standard InChI is InChI=1S/C30H37F3N2O3/c1-4-21-14-23(10-11-24(21)16-35-17-25(18-35)29(36)37-3)20(2)34-19-38-26-12-13-27(22-8-6-5-7-9-22)28(15-26)30(31,32)33/h10-15,22,25H,4-9,16-19H2,1-3H3/b34-20+/i16D2. The zero-order valence-electron chi connectivity index (χ0n) is 24.2. The lowest BCUT2D eigenvalue weighted by Gasteiger charge is -2.37. The Morgan fingerprint density at radius 1 is 1.11 bits per heavy atom. The highest BCUT2D eigenvalue weighted by Crippen LogP contribution is 2.42. The second kappa shape index (κ2) is 12.3. The molecule has 1 saturated carbocycles. The molecule has 38 heavy (non-hydrogen) atoms. The summed E-state index contributed by atoms with van der Waals surface area (Å²) in [6.07, 6.45) is 0.667. The molecule has 0 atom stereocenters. The number of aryl methyl sites for hydroxylation is 1. The van der Waals surface area contributed by atoms with Crippen LogP contribution in [0.1, 0.15) is 82.4 Å². The third-order valence-corrected chi connectivity index (χ3v) is 7.51. The Morgan fingerprint density at radius 2 is 1.84 bits per heavy atom. The van der Waals surface area contributed by atoms with E-state index in [4.69, 9.17) is 12.2 Å². The molecule has 0 N–H and O–H groups in total. The molecule has 2 fully saturated rings. The van der Waals surface area contributed by atoms with Crippen molar-refractivity contribution in [3.63, 3.8) is 0 Å². The lowest BCUT2D eigenvalue weighted by atomic mass is 9.82. The summed E-state index contributed by atoms with van der Waals surface area (Å²) in [6.45, 7) is 2.42. The van der Waals surface area contributed by atoms with E-state index < -0.39 is 18.2 Å². The average Bonchev–Trinajstić information content (AvgIpc) is 2.91. The molecule has 0 radical (unpaired) electrons. The summed E-state index contributed by atoms with van der Waals surface area (Å²) in [5.41, 5.74) is 2.48. The number of aliphatic imine (C=N–C) groups is 1. The smallest absolute Gasteiger partial charge is 0.416 e. The molecular formula is C30H37F3N2O3. The number of methoxy groups -OCH3 is 1. The minimum atomic E-state index is -4.45. The van der Waals surface area contributed by atoms with E-state index >= 15 is 0 Å². The Morgan fingerprint density at radius 3 is 2.50 bits per heavy atom. The highest BCUT2D eigenvalue weighted by molar-refractivity contribution is 5.98. The molecule has 206 valence electrons. The van der Waals surface area contributed by atoms with Crippen molar-refractivity contribution in [3.05, 3.63) is 64.2 Å². The Balaban J connectivity index is 1.45. The maximum absolute atomic E-state index is 13.9. The molecule has 2 aromatic rings. The van der Waals surface area contributed by atoms with E-state index in [1.165, 1.54) is 7.11 Å². The van der Waals surface area contributed by atoms with Gasteiger partial charge in [-0.3, -0.25) is 14.7 Å². The van der Waals surface area contributed by atoms with Gasteiger partial charge in [-0.15, -0.1) is 0 Å². The molecule has 1 saturated heterocycles. The average molecular weight is 533 g/mol. The molecule has 0 amide bonds. The fraction of sp³-hybridized carbons (Fsp3) is 0.533. The second-order valence-corrected chi connectivity index (χ2v) is 10.1. The minimum absolute atomic E-state index is 0.0723. The number of nitrogens with zero attached hydrogens (tertiary/aromatic N) is 2. The highest BCUT2D eigenvalue weighted by atomic mass is 19.4. The van der Waals surface area contributed by atoms with Crippen LogP contribution in [0.3, 0.4) is 0 Å². The number of esters is 1. The van der Waals surface area contributed by atoms with Gasteiger partial charge in [-0.05, 0) is 72.6 Å². The van der Waals surface area contributed by atoms with Crippen LogP contribution in [0.4, 0.5) is 13.2 Å². The summed E-state index contributed by atoms with van der Waals surface area (Å²) >= 11 is 0. The number of hydrogen-bond donors (Lipinski definition) is 0. The number of likely N-dealkylation sites (tertiary alicyclic amines) is 1. The maximum Gasteiger partial charge on any atom is 0.416 e. The van der Waals surface area contributed by atoms with Crippen LogP contribution in [0.2, 0.25) is 0 Å². The van der Waals surface area contributed by atoms with Gasteiger partial charge in [0.25, 0.3) is 0 Å². The Hall–Kier alpha value is -2.87. The van der Waals surface area contributed by atoms with E-state index in [0.29, 0.717) is 36.3 Å². The van der Waals surface area contributed by atoms with Crippen LogP contribution in [0.5, 0.6) is 5.75 Å². The molecule has 1 heterocycles. The summed E-state index contributed by atoms with van der Waals surface area (Å²) in [6, 6.07) is 9.63. The number of rotatable bonds is 9. The zero-order chi connectivity index (χ0) is 29.1. The van der Waals surface area contributed by atoms with Crippen LogP contribution in [0, 0.1) is 5.92 Å². The Labute approximate surface area is 225 Å². The van der Waals surface area contributed by atoms with Crippen molar-refractivity contribution in [2.45, 2.75) is 71.0 Å². The summed E-state index contributed by atoms with van der Waals surface area (Å²) < 4.78 is 69.3. The largest absolute Gasteiger partial charge is 0.471 e. The van der Waals surface area contributed by atoms with Gasteiger partial charge in [0, 0.05) is 28.0 Å². The normalized spacial score (nSPS) is 18.9. The molecule has 2 aromatic carbocycles. The summed E-state index contributed by atoms with van der Waals surface area (Å²) in [7, 11) is 1.33. The predicted molar refractivity (Wildman–Crippen MR) is 142 cm³/mol. The number of ether oxygens (including phenoxy) is 2. The maximum atomic E-state index is 13.9. The number of carbonyl (C=O) groups excluding carboxylic acids is 1.